The summed E-state index contributed by atoms with van der Waals surface area (Å²) in [6.45, 7) is 3.55. The fourth-order valence-electron chi connectivity index (χ4n) is 2.85. The molecule has 0 atom stereocenters. The maximum atomic E-state index is 12.7. The van der Waals surface area contributed by atoms with Crippen LogP contribution in [0.5, 0.6) is 0 Å². The van der Waals surface area contributed by atoms with Crippen LogP contribution in [0.3, 0.4) is 0 Å². The normalized spacial score (nSPS) is 11.0. The average Bonchev–Trinajstić information content (AvgIpc) is 2.62. The second-order valence-corrected chi connectivity index (χ2v) is 5.80. The molecule has 0 bridgehead atoms. The Bertz CT molecular complexity index is 785. The van der Waals surface area contributed by atoms with Crippen LogP contribution in [-0.4, -0.2) is 25.8 Å². The highest BCUT2D eigenvalue weighted by Crippen LogP contribution is 2.29. The molecule has 124 valence electrons. The van der Waals surface area contributed by atoms with E-state index in [1.807, 2.05) is 48.5 Å². The van der Waals surface area contributed by atoms with Gasteiger partial charge in [-0.1, -0.05) is 61.9 Å². The monoisotopic (exact) mass is 322 g/mol. The Morgan fingerprint density at radius 1 is 0.875 bits per heavy atom. The van der Waals surface area contributed by atoms with Gasteiger partial charge in [0.25, 0.3) is 0 Å². The van der Waals surface area contributed by atoms with E-state index >= 15 is 0 Å². The molecule has 0 aliphatic carbocycles. The Hall–Kier alpha value is -2.39. The number of carbonyl (C=O) groups excluding carboxylic acids is 1. The predicted molar refractivity (Wildman–Crippen MR) is 97.5 cm³/mol. The topological polar surface area (TPSA) is 35.5 Å². The molecule has 3 rings (SSSR count). The molecule has 0 spiro atoms. The minimum absolute atomic E-state index is 0.278. The van der Waals surface area contributed by atoms with E-state index in [0.717, 1.165) is 34.4 Å². The van der Waals surface area contributed by atoms with Crippen LogP contribution in [0.4, 0.5) is 0 Å². The first-order valence-electron chi connectivity index (χ1n) is 8.46. The van der Waals surface area contributed by atoms with Gasteiger partial charge >= 0.3 is 5.97 Å². The van der Waals surface area contributed by atoms with E-state index in [4.69, 9.17) is 9.47 Å². The molecule has 0 radical (unpaired) electrons. The largest absolute Gasteiger partial charge is 0.460 e. The number of rotatable bonds is 7. The molecule has 3 heteroatoms. The molecule has 0 aliphatic heterocycles. The van der Waals surface area contributed by atoms with Crippen LogP contribution in [0, 0.1) is 0 Å². The van der Waals surface area contributed by atoms with Crippen molar-refractivity contribution in [2.24, 2.45) is 0 Å². The maximum absolute atomic E-state index is 12.7. The van der Waals surface area contributed by atoms with Gasteiger partial charge in [0.2, 0.25) is 0 Å². The van der Waals surface area contributed by atoms with E-state index in [1.165, 1.54) is 0 Å². The number of benzene rings is 3. The summed E-state index contributed by atoms with van der Waals surface area (Å²) in [5.41, 5.74) is 0.636. The van der Waals surface area contributed by atoms with Crippen molar-refractivity contribution < 1.29 is 14.3 Å². The van der Waals surface area contributed by atoms with Gasteiger partial charge in [0.05, 0.1) is 12.2 Å². The molecule has 0 aromatic heterocycles. The third-order valence-corrected chi connectivity index (χ3v) is 4.08. The molecule has 0 N–H and O–H groups in total. The molecule has 0 heterocycles. The van der Waals surface area contributed by atoms with Crippen molar-refractivity contribution in [3.63, 3.8) is 0 Å². The van der Waals surface area contributed by atoms with Crippen molar-refractivity contribution in [1.29, 1.82) is 0 Å². The van der Waals surface area contributed by atoms with Crippen molar-refractivity contribution in [3.05, 3.63) is 60.2 Å². The van der Waals surface area contributed by atoms with Crippen LogP contribution in [0.25, 0.3) is 21.5 Å². The number of hydrogen-bond acceptors (Lipinski definition) is 3. The lowest BCUT2D eigenvalue weighted by atomic mass is 9.97. The standard InChI is InChI=1S/C21H22O3/c1-2-3-12-23-13-14-24-21(22)20-18-10-6-4-8-16(18)15-17-9-5-7-11-19(17)20/h4-11,15H,2-3,12-14H2,1H3. The Morgan fingerprint density at radius 3 is 2.12 bits per heavy atom. The highest BCUT2D eigenvalue weighted by molar-refractivity contribution is 6.16. The highest BCUT2D eigenvalue weighted by Gasteiger charge is 2.15. The Kier molecular flexibility index (Phi) is 5.44. The molecule has 24 heavy (non-hydrogen) atoms. The molecule has 0 saturated carbocycles. The summed E-state index contributed by atoms with van der Waals surface area (Å²) < 4.78 is 10.9. The first kappa shape index (κ1) is 16.5. The zero-order chi connectivity index (χ0) is 16.8. The van der Waals surface area contributed by atoms with Crippen LogP contribution in [0.2, 0.25) is 0 Å². The van der Waals surface area contributed by atoms with Crippen molar-refractivity contribution in [2.45, 2.75) is 19.8 Å². The van der Waals surface area contributed by atoms with E-state index in [1.54, 1.807) is 0 Å². The lowest BCUT2D eigenvalue weighted by Crippen LogP contribution is -2.12. The SMILES string of the molecule is CCCCOCCOC(=O)c1c2ccccc2cc2ccccc12. The first-order valence-corrected chi connectivity index (χ1v) is 8.46. The van der Waals surface area contributed by atoms with E-state index in [0.29, 0.717) is 18.8 Å². The Morgan fingerprint density at radius 2 is 1.50 bits per heavy atom. The van der Waals surface area contributed by atoms with E-state index < -0.39 is 0 Å². The fraction of sp³-hybridized carbons (Fsp3) is 0.286. The minimum Gasteiger partial charge on any atom is -0.460 e. The highest BCUT2D eigenvalue weighted by atomic mass is 16.6. The molecule has 3 nitrogen and oxygen atoms in total. The molecule has 0 fully saturated rings. The molecule has 0 saturated heterocycles. The van der Waals surface area contributed by atoms with Crippen LogP contribution in [-0.2, 0) is 9.47 Å². The smallest absolute Gasteiger partial charge is 0.339 e. The van der Waals surface area contributed by atoms with Crippen molar-refractivity contribution in [3.8, 4) is 0 Å². The fourth-order valence-corrected chi connectivity index (χ4v) is 2.85. The maximum Gasteiger partial charge on any atom is 0.339 e. The third-order valence-electron chi connectivity index (χ3n) is 4.08. The minimum atomic E-state index is -0.290. The number of unbranched alkanes of at least 4 members (excludes halogenated alkanes) is 1. The Balaban J connectivity index is 1.84. The summed E-state index contributed by atoms with van der Waals surface area (Å²) in [6, 6.07) is 17.9. The van der Waals surface area contributed by atoms with E-state index in [-0.39, 0.29) is 12.6 Å². The number of ether oxygens (including phenoxy) is 2. The summed E-state index contributed by atoms with van der Waals surface area (Å²) >= 11 is 0. The molecular weight excluding hydrogens is 300 g/mol. The zero-order valence-corrected chi connectivity index (χ0v) is 14.0. The summed E-state index contributed by atoms with van der Waals surface area (Å²) in [7, 11) is 0. The summed E-state index contributed by atoms with van der Waals surface area (Å²) in [4.78, 5) is 12.7. The van der Waals surface area contributed by atoms with Gasteiger partial charge in [-0.3, -0.25) is 0 Å². The van der Waals surface area contributed by atoms with Gasteiger partial charge in [-0.2, -0.15) is 0 Å². The van der Waals surface area contributed by atoms with Crippen LogP contribution >= 0.6 is 0 Å². The molecular formula is C21H22O3. The third kappa shape index (κ3) is 3.57. The molecule has 0 aliphatic rings. The summed E-state index contributed by atoms with van der Waals surface area (Å²) in [5, 5.41) is 3.94. The van der Waals surface area contributed by atoms with Gasteiger partial charge < -0.3 is 9.47 Å². The van der Waals surface area contributed by atoms with Crippen LogP contribution in [0.1, 0.15) is 30.1 Å². The Labute approximate surface area is 142 Å². The van der Waals surface area contributed by atoms with E-state index in [2.05, 4.69) is 13.0 Å². The molecule has 3 aromatic rings. The lowest BCUT2D eigenvalue weighted by molar-refractivity contribution is 0.0317. The van der Waals surface area contributed by atoms with Gasteiger partial charge in [0, 0.05) is 6.61 Å². The van der Waals surface area contributed by atoms with Crippen LogP contribution < -0.4 is 0 Å². The van der Waals surface area contributed by atoms with Crippen molar-refractivity contribution >= 4 is 27.5 Å². The second-order valence-electron chi connectivity index (χ2n) is 5.80. The van der Waals surface area contributed by atoms with Gasteiger partial charge in [-0.15, -0.1) is 0 Å². The molecule has 0 amide bonds. The average molecular weight is 322 g/mol. The van der Waals surface area contributed by atoms with Gasteiger partial charge in [-0.05, 0) is 34.0 Å². The second kappa shape index (κ2) is 7.93. The molecule has 0 unspecified atom stereocenters. The lowest BCUT2D eigenvalue weighted by Gasteiger charge is -2.11. The van der Waals surface area contributed by atoms with Crippen molar-refractivity contribution in [1.82, 2.24) is 0 Å². The van der Waals surface area contributed by atoms with Crippen molar-refractivity contribution in [2.75, 3.05) is 19.8 Å². The van der Waals surface area contributed by atoms with Gasteiger partial charge in [-0.25, -0.2) is 4.79 Å². The van der Waals surface area contributed by atoms with Crippen LogP contribution in [0.15, 0.2) is 54.6 Å². The van der Waals surface area contributed by atoms with E-state index in [9.17, 15) is 4.79 Å². The zero-order valence-electron chi connectivity index (χ0n) is 14.0. The predicted octanol–water partition coefficient (Wildman–Crippen LogP) is 4.97. The number of hydrogen-bond donors (Lipinski definition) is 0. The first-order chi connectivity index (χ1) is 11.8. The number of carbonyl (C=O) groups is 1. The number of esters is 1. The van der Waals surface area contributed by atoms with Gasteiger partial charge in [0.1, 0.15) is 6.61 Å². The number of fused-ring (bicyclic) bond motifs is 2. The molecule has 3 aromatic carbocycles. The van der Waals surface area contributed by atoms with Gasteiger partial charge in [0.15, 0.2) is 0 Å². The summed E-state index contributed by atoms with van der Waals surface area (Å²) in [5.74, 6) is -0.290. The summed E-state index contributed by atoms with van der Waals surface area (Å²) in [6.07, 6.45) is 2.13. The quantitative estimate of drug-likeness (QED) is 0.350.